The van der Waals surface area contributed by atoms with Gasteiger partial charge >= 0.3 is 0 Å². The van der Waals surface area contributed by atoms with Crippen LogP contribution in [0.15, 0.2) is 0 Å². The van der Waals surface area contributed by atoms with E-state index in [4.69, 9.17) is 4.52 Å². The largest absolute Gasteiger partial charge is 0.326 e. The molecule has 0 spiro atoms. The van der Waals surface area contributed by atoms with E-state index in [1.54, 1.807) is 6.66 Å². The molecule has 3 nitrogen and oxygen atoms in total. The Hall–Kier alpha value is 0.150. The minimum Gasteiger partial charge on any atom is -0.326 e. The first-order valence-corrected chi connectivity index (χ1v) is 7.50. The molecule has 1 heterocycles. The van der Waals surface area contributed by atoms with Crippen molar-refractivity contribution >= 4 is 7.37 Å². The molecule has 4 heteroatoms. The van der Waals surface area contributed by atoms with Gasteiger partial charge < -0.3 is 9.42 Å². The van der Waals surface area contributed by atoms with Crippen molar-refractivity contribution in [3.8, 4) is 0 Å². The zero-order valence-corrected chi connectivity index (χ0v) is 10.6. The molecule has 0 aromatic heterocycles. The third-order valence-electron chi connectivity index (χ3n) is 2.77. The summed E-state index contributed by atoms with van der Waals surface area (Å²) in [5.41, 5.74) is 0.279. The van der Waals surface area contributed by atoms with Crippen LogP contribution >= 0.6 is 7.37 Å². The molecule has 1 atom stereocenters. The summed E-state index contributed by atoms with van der Waals surface area (Å²) >= 11 is 0. The van der Waals surface area contributed by atoms with Crippen LogP contribution in [0.3, 0.4) is 0 Å². The fourth-order valence-electron chi connectivity index (χ4n) is 1.97. The highest BCUT2D eigenvalue weighted by molar-refractivity contribution is 7.58. The van der Waals surface area contributed by atoms with Crippen LogP contribution in [0.1, 0.15) is 26.7 Å². The summed E-state index contributed by atoms with van der Waals surface area (Å²) < 4.78 is 17.8. The molecule has 84 valence electrons. The fraction of sp³-hybridized carbons (Fsp3) is 1.00. The molecule has 1 fully saturated rings. The van der Waals surface area contributed by atoms with Gasteiger partial charge in [-0.2, -0.15) is 0 Å². The van der Waals surface area contributed by atoms with Crippen LogP contribution in [0.2, 0.25) is 0 Å². The van der Waals surface area contributed by atoms with Crippen molar-refractivity contribution < 1.29 is 9.09 Å². The Morgan fingerprint density at radius 3 is 2.29 bits per heavy atom. The Labute approximate surface area is 87.3 Å². The molecule has 0 aliphatic carbocycles. The predicted octanol–water partition coefficient (Wildman–Crippen LogP) is 2.41. The molecule has 0 aromatic rings. The summed E-state index contributed by atoms with van der Waals surface area (Å²) in [6.07, 6.45) is 2.10. The second kappa shape index (κ2) is 4.78. The van der Waals surface area contributed by atoms with Crippen LogP contribution in [-0.4, -0.2) is 43.5 Å². The number of piperidine rings is 1. The minimum absolute atomic E-state index is 0.0745. The molecule has 0 saturated carbocycles. The molecular weight excluding hydrogens is 197 g/mol. The Balaban J connectivity index is 2.51. The fourth-order valence-corrected chi connectivity index (χ4v) is 4.15. The van der Waals surface area contributed by atoms with Crippen LogP contribution in [0.4, 0.5) is 0 Å². The Morgan fingerprint density at radius 1 is 1.36 bits per heavy atom. The van der Waals surface area contributed by atoms with E-state index < -0.39 is 7.37 Å². The lowest BCUT2D eigenvalue weighted by Gasteiger charge is -2.33. The summed E-state index contributed by atoms with van der Waals surface area (Å²) in [5, 5.41) is 0. The molecule has 1 aliphatic heterocycles. The van der Waals surface area contributed by atoms with Gasteiger partial charge in [0.1, 0.15) is 0 Å². The average molecular weight is 219 g/mol. The van der Waals surface area contributed by atoms with Gasteiger partial charge in [-0.25, -0.2) is 0 Å². The van der Waals surface area contributed by atoms with E-state index in [1.165, 1.54) is 0 Å². The van der Waals surface area contributed by atoms with Crippen molar-refractivity contribution in [2.24, 2.45) is 0 Å². The third-order valence-corrected chi connectivity index (χ3v) is 5.45. The van der Waals surface area contributed by atoms with Crippen LogP contribution in [0.5, 0.6) is 0 Å². The van der Waals surface area contributed by atoms with Gasteiger partial charge in [-0.3, -0.25) is 4.57 Å². The van der Waals surface area contributed by atoms with E-state index in [2.05, 4.69) is 11.9 Å². The molecule has 1 aliphatic rings. The normalized spacial score (nSPS) is 25.2. The summed E-state index contributed by atoms with van der Waals surface area (Å²) in [4.78, 5) is 2.28. The van der Waals surface area contributed by atoms with E-state index in [9.17, 15) is 4.57 Å². The summed E-state index contributed by atoms with van der Waals surface area (Å²) in [5.74, 6) is 0. The first kappa shape index (κ1) is 12.2. The summed E-state index contributed by atoms with van der Waals surface area (Å²) in [7, 11) is -0.266. The number of hydrogen-bond donors (Lipinski definition) is 0. The van der Waals surface area contributed by atoms with E-state index in [0.717, 1.165) is 25.9 Å². The average Bonchev–Trinajstić information content (AvgIpc) is 2.02. The maximum absolute atomic E-state index is 12.2. The van der Waals surface area contributed by atoms with Gasteiger partial charge in [0.05, 0.1) is 6.10 Å². The second-order valence-corrected chi connectivity index (χ2v) is 7.36. The van der Waals surface area contributed by atoms with Gasteiger partial charge in [0.25, 0.3) is 0 Å². The molecule has 0 bridgehead atoms. The third kappa shape index (κ3) is 3.38. The van der Waals surface area contributed by atoms with Crippen LogP contribution in [0.25, 0.3) is 0 Å². The Kier molecular flexibility index (Phi) is 4.17. The van der Waals surface area contributed by atoms with Gasteiger partial charge in [-0.1, -0.05) is 0 Å². The van der Waals surface area contributed by atoms with E-state index in [-0.39, 0.29) is 11.8 Å². The molecule has 0 radical (unpaired) electrons. The smallest absolute Gasteiger partial charge is 0.203 e. The maximum atomic E-state index is 12.2. The SMILES string of the molecule is CC(C)OP(C)(=O)C1CCN(C)CC1. The zero-order chi connectivity index (χ0) is 10.8. The number of likely N-dealkylation sites (tertiary alicyclic amines) is 1. The molecular formula is C10H22NO2P. The minimum atomic E-state index is -2.38. The summed E-state index contributed by atoms with van der Waals surface area (Å²) in [6, 6.07) is 0. The molecule has 0 amide bonds. The zero-order valence-electron chi connectivity index (χ0n) is 9.69. The van der Waals surface area contributed by atoms with Crippen molar-refractivity contribution in [1.29, 1.82) is 0 Å². The van der Waals surface area contributed by atoms with E-state index in [0.29, 0.717) is 0 Å². The maximum Gasteiger partial charge on any atom is 0.203 e. The van der Waals surface area contributed by atoms with Crippen molar-refractivity contribution in [3.63, 3.8) is 0 Å². The number of nitrogens with zero attached hydrogens (tertiary/aromatic N) is 1. The van der Waals surface area contributed by atoms with Gasteiger partial charge in [0.15, 0.2) is 0 Å². The highest BCUT2D eigenvalue weighted by Crippen LogP contribution is 2.52. The Morgan fingerprint density at radius 2 is 1.86 bits per heavy atom. The van der Waals surface area contributed by atoms with Crippen molar-refractivity contribution in [2.75, 3.05) is 26.8 Å². The second-order valence-electron chi connectivity index (χ2n) is 4.60. The topological polar surface area (TPSA) is 29.5 Å². The molecule has 14 heavy (non-hydrogen) atoms. The first-order chi connectivity index (χ1) is 6.42. The molecule has 0 N–H and O–H groups in total. The van der Waals surface area contributed by atoms with Crippen LogP contribution < -0.4 is 0 Å². The lowest BCUT2D eigenvalue weighted by Crippen LogP contribution is -2.33. The highest BCUT2D eigenvalue weighted by atomic mass is 31.2. The Bertz CT molecular complexity index is 222. The highest BCUT2D eigenvalue weighted by Gasteiger charge is 2.32. The lowest BCUT2D eigenvalue weighted by molar-refractivity contribution is 0.222. The number of hydrogen-bond acceptors (Lipinski definition) is 3. The predicted molar refractivity (Wildman–Crippen MR) is 60.3 cm³/mol. The van der Waals surface area contributed by atoms with Crippen LogP contribution in [-0.2, 0) is 9.09 Å². The monoisotopic (exact) mass is 219 g/mol. The van der Waals surface area contributed by atoms with Crippen molar-refractivity contribution in [3.05, 3.63) is 0 Å². The van der Waals surface area contributed by atoms with Gasteiger partial charge in [0.2, 0.25) is 7.37 Å². The van der Waals surface area contributed by atoms with E-state index in [1.807, 2.05) is 13.8 Å². The van der Waals surface area contributed by atoms with Gasteiger partial charge in [-0.15, -0.1) is 0 Å². The first-order valence-electron chi connectivity index (χ1n) is 5.36. The van der Waals surface area contributed by atoms with Crippen molar-refractivity contribution in [1.82, 2.24) is 4.90 Å². The molecule has 1 saturated heterocycles. The molecule has 0 aromatic carbocycles. The number of rotatable bonds is 3. The lowest BCUT2D eigenvalue weighted by atomic mass is 10.1. The standard InChI is InChI=1S/C10H22NO2P/c1-9(2)13-14(4,12)10-5-7-11(3)8-6-10/h9-10H,5-8H2,1-4H3. The van der Waals surface area contributed by atoms with Gasteiger partial charge in [-0.05, 0) is 46.8 Å². The van der Waals surface area contributed by atoms with Gasteiger partial charge in [0, 0.05) is 12.3 Å². The quantitative estimate of drug-likeness (QED) is 0.683. The van der Waals surface area contributed by atoms with Crippen molar-refractivity contribution in [2.45, 2.75) is 38.5 Å². The summed E-state index contributed by atoms with van der Waals surface area (Å²) in [6.45, 7) is 7.78. The molecule has 1 unspecified atom stereocenters. The molecule has 1 rings (SSSR count). The van der Waals surface area contributed by atoms with Crippen LogP contribution in [0, 0.1) is 0 Å². The van der Waals surface area contributed by atoms with E-state index >= 15 is 0 Å².